The van der Waals surface area contributed by atoms with Crippen molar-refractivity contribution in [3.63, 3.8) is 0 Å². The third-order valence-corrected chi connectivity index (χ3v) is 9.56. The predicted octanol–water partition coefficient (Wildman–Crippen LogP) is 6.66. The van der Waals surface area contributed by atoms with Gasteiger partial charge in [-0.1, -0.05) is 92.8 Å². The van der Waals surface area contributed by atoms with Gasteiger partial charge in [0, 0.05) is 11.3 Å². The van der Waals surface area contributed by atoms with Crippen LogP contribution in [0.5, 0.6) is 0 Å². The van der Waals surface area contributed by atoms with Gasteiger partial charge in [-0.05, 0) is 66.0 Å². The SMILES string of the molecule is Cc1ccccc1C1CC(NC(=O)Nc2cccc(C(=O)Nc3nnc(C(F)(F)F)s3)c2)C(=O)N(C(C(N)=O)C(C)(C)C)C(c2ccccc2)C1. The summed E-state index contributed by atoms with van der Waals surface area (Å²) < 4.78 is 38.8. The highest BCUT2D eigenvalue weighted by atomic mass is 32.1. The van der Waals surface area contributed by atoms with Crippen molar-refractivity contribution in [1.29, 1.82) is 0 Å². The maximum absolute atomic E-state index is 14.7. The number of likely N-dealkylation sites (tertiary alicyclic amines) is 1. The van der Waals surface area contributed by atoms with E-state index in [2.05, 4.69) is 26.1 Å². The molecular formula is C36H38F3N7O4S. The highest BCUT2D eigenvalue weighted by Crippen LogP contribution is 2.43. The molecule has 0 radical (unpaired) electrons. The molecule has 5 rings (SSSR count). The molecule has 4 unspecified atom stereocenters. The van der Waals surface area contributed by atoms with Crippen molar-refractivity contribution in [2.75, 3.05) is 10.6 Å². The van der Waals surface area contributed by atoms with Crippen molar-refractivity contribution in [2.45, 2.75) is 70.8 Å². The zero-order valence-corrected chi connectivity index (χ0v) is 29.1. The van der Waals surface area contributed by atoms with Crippen LogP contribution in [-0.4, -0.2) is 50.9 Å². The summed E-state index contributed by atoms with van der Waals surface area (Å²) in [4.78, 5) is 55.8. The summed E-state index contributed by atoms with van der Waals surface area (Å²) in [5, 5.41) is 12.6. The normalized spacial score (nSPS) is 18.8. The standard InChI is InChI=1S/C36H38F3N7O4S/c1-20-11-8-9-16-25(20)23-18-26(31(49)46(28(29(40)47)35(2,3)4)27(19-23)21-12-6-5-7-13-21)42-33(50)41-24-15-10-14-22(17-24)30(48)43-34-45-44-32(51-34)36(37,38)39/h5-17,23,26-28H,18-19H2,1-4H3,(H2,40,47)(H2,41,42,50)(H,43,45,48). The molecule has 1 fully saturated rings. The molecule has 5 N–H and O–H groups in total. The number of nitrogens with two attached hydrogens (primary N) is 1. The zero-order valence-electron chi connectivity index (χ0n) is 28.3. The average molecular weight is 722 g/mol. The van der Waals surface area contributed by atoms with Crippen molar-refractivity contribution in [2.24, 2.45) is 11.1 Å². The van der Waals surface area contributed by atoms with E-state index in [-0.39, 0.29) is 40.1 Å². The van der Waals surface area contributed by atoms with Crippen LogP contribution in [0, 0.1) is 12.3 Å². The van der Waals surface area contributed by atoms with Gasteiger partial charge < -0.3 is 21.3 Å². The summed E-state index contributed by atoms with van der Waals surface area (Å²) >= 11 is 0.178. The van der Waals surface area contributed by atoms with Crippen LogP contribution in [0.3, 0.4) is 0 Å². The van der Waals surface area contributed by atoms with Gasteiger partial charge in [-0.3, -0.25) is 19.7 Å². The second-order valence-corrected chi connectivity index (χ2v) is 14.4. The number of hydrogen-bond donors (Lipinski definition) is 4. The number of nitrogens with one attached hydrogen (secondary N) is 3. The van der Waals surface area contributed by atoms with E-state index in [0.717, 1.165) is 16.7 Å². The number of halogens is 3. The first-order valence-electron chi connectivity index (χ1n) is 16.1. The monoisotopic (exact) mass is 721 g/mol. The molecule has 0 bridgehead atoms. The van der Waals surface area contributed by atoms with E-state index in [9.17, 15) is 32.3 Å². The molecule has 1 aromatic heterocycles. The Kier molecular flexibility index (Phi) is 10.8. The third-order valence-electron chi connectivity index (χ3n) is 8.67. The van der Waals surface area contributed by atoms with Crippen LogP contribution in [0.15, 0.2) is 78.9 Å². The van der Waals surface area contributed by atoms with Gasteiger partial charge in [0.05, 0.1) is 6.04 Å². The Bertz CT molecular complexity index is 1910. The molecule has 0 saturated carbocycles. The number of alkyl halides is 3. The second-order valence-electron chi connectivity index (χ2n) is 13.5. The molecule has 1 aliphatic heterocycles. The van der Waals surface area contributed by atoms with Crippen molar-refractivity contribution >= 4 is 45.9 Å². The van der Waals surface area contributed by atoms with E-state index in [0.29, 0.717) is 6.42 Å². The summed E-state index contributed by atoms with van der Waals surface area (Å²) in [6.45, 7) is 7.48. The Morgan fingerprint density at radius 3 is 2.24 bits per heavy atom. The highest BCUT2D eigenvalue weighted by Gasteiger charge is 2.47. The van der Waals surface area contributed by atoms with Gasteiger partial charge in [-0.15, -0.1) is 10.2 Å². The lowest BCUT2D eigenvalue weighted by atomic mass is 9.82. The molecule has 268 valence electrons. The topological polar surface area (TPSA) is 159 Å². The van der Waals surface area contributed by atoms with Gasteiger partial charge in [0.2, 0.25) is 22.0 Å². The molecule has 5 amide bonds. The van der Waals surface area contributed by atoms with E-state index in [1.165, 1.54) is 29.2 Å². The smallest absolute Gasteiger partial charge is 0.368 e. The van der Waals surface area contributed by atoms with Gasteiger partial charge in [0.1, 0.15) is 12.1 Å². The minimum absolute atomic E-state index is 0.0214. The highest BCUT2D eigenvalue weighted by molar-refractivity contribution is 7.15. The van der Waals surface area contributed by atoms with Crippen LogP contribution in [0.1, 0.15) is 77.6 Å². The minimum atomic E-state index is -4.70. The van der Waals surface area contributed by atoms with Crippen LogP contribution in [0.2, 0.25) is 0 Å². The van der Waals surface area contributed by atoms with E-state index < -0.39 is 58.5 Å². The fourth-order valence-electron chi connectivity index (χ4n) is 6.50. The van der Waals surface area contributed by atoms with Crippen LogP contribution in [-0.2, 0) is 15.8 Å². The van der Waals surface area contributed by atoms with Crippen molar-refractivity contribution in [3.05, 3.63) is 106 Å². The second kappa shape index (κ2) is 14.9. The molecule has 15 heteroatoms. The Morgan fingerprint density at radius 1 is 0.922 bits per heavy atom. The van der Waals surface area contributed by atoms with E-state index in [1.54, 1.807) is 0 Å². The quantitative estimate of drug-likeness (QED) is 0.159. The van der Waals surface area contributed by atoms with Crippen LogP contribution in [0.25, 0.3) is 0 Å². The number of amides is 5. The Hall–Kier alpha value is -5.31. The van der Waals surface area contributed by atoms with Crippen LogP contribution in [0.4, 0.5) is 28.8 Å². The van der Waals surface area contributed by atoms with Gasteiger partial charge in [-0.25, -0.2) is 4.79 Å². The molecule has 1 saturated heterocycles. The summed E-state index contributed by atoms with van der Waals surface area (Å²) in [6, 6.07) is 19.6. The largest absolute Gasteiger partial charge is 0.445 e. The van der Waals surface area contributed by atoms with Gasteiger partial charge in [-0.2, -0.15) is 13.2 Å². The number of carbonyl (C=O) groups is 4. The molecule has 4 aromatic rings. The molecule has 1 aliphatic rings. The predicted molar refractivity (Wildman–Crippen MR) is 187 cm³/mol. The first-order chi connectivity index (χ1) is 24.0. The third kappa shape index (κ3) is 8.71. The number of hydrogen-bond acceptors (Lipinski definition) is 7. The minimum Gasteiger partial charge on any atom is -0.368 e. The molecule has 3 aromatic carbocycles. The van der Waals surface area contributed by atoms with Gasteiger partial charge in [0.25, 0.3) is 5.91 Å². The zero-order chi connectivity index (χ0) is 37.1. The maximum Gasteiger partial charge on any atom is 0.445 e. The molecule has 0 aliphatic carbocycles. The summed E-state index contributed by atoms with van der Waals surface area (Å²) in [5.41, 5.74) is 8.29. The van der Waals surface area contributed by atoms with Crippen LogP contribution >= 0.6 is 11.3 Å². The lowest BCUT2D eigenvalue weighted by molar-refractivity contribution is -0.147. The lowest BCUT2D eigenvalue weighted by Gasteiger charge is -2.43. The van der Waals surface area contributed by atoms with E-state index >= 15 is 0 Å². The fourth-order valence-corrected chi connectivity index (χ4v) is 7.10. The van der Waals surface area contributed by atoms with Crippen molar-refractivity contribution in [3.8, 4) is 0 Å². The first-order valence-corrected chi connectivity index (χ1v) is 17.0. The summed E-state index contributed by atoms with van der Waals surface area (Å²) in [5.74, 6) is -2.13. The number of benzene rings is 3. The van der Waals surface area contributed by atoms with E-state index in [4.69, 9.17) is 5.73 Å². The number of rotatable bonds is 8. The number of anilines is 2. The molecule has 51 heavy (non-hydrogen) atoms. The van der Waals surface area contributed by atoms with Crippen molar-refractivity contribution in [1.82, 2.24) is 20.4 Å². The van der Waals surface area contributed by atoms with Gasteiger partial charge >= 0.3 is 12.2 Å². The first kappa shape index (κ1) is 37.0. The summed E-state index contributed by atoms with van der Waals surface area (Å²) in [6.07, 6.45) is -4.03. The Balaban J connectivity index is 1.44. The fraction of sp³-hybridized carbons (Fsp3) is 0.333. The van der Waals surface area contributed by atoms with Crippen LogP contribution < -0.4 is 21.7 Å². The Morgan fingerprint density at radius 2 is 1.61 bits per heavy atom. The molecule has 0 spiro atoms. The van der Waals surface area contributed by atoms with Crippen molar-refractivity contribution < 1.29 is 32.3 Å². The number of carbonyl (C=O) groups excluding carboxylic acids is 4. The molecular weight excluding hydrogens is 684 g/mol. The molecule has 2 heterocycles. The number of aryl methyl sites for hydroxylation is 1. The van der Waals surface area contributed by atoms with E-state index in [1.807, 2.05) is 82.3 Å². The molecule has 4 atom stereocenters. The Labute approximate surface area is 296 Å². The number of aromatic nitrogens is 2. The number of urea groups is 1. The number of nitrogens with zero attached hydrogens (tertiary/aromatic N) is 3. The average Bonchev–Trinajstić information content (AvgIpc) is 3.49. The number of primary amides is 1. The maximum atomic E-state index is 14.7. The summed E-state index contributed by atoms with van der Waals surface area (Å²) in [7, 11) is 0. The van der Waals surface area contributed by atoms with Gasteiger partial charge in [0.15, 0.2) is 0 Å². The lowest BCUT2D eigenvalue weighted by Crippen LogP contribution is -2.59. The molecule has 11 nitrogen and oxygen atoms in total.